The molecule has 6 heteroatoms. The van der Waals surface area contributed by atoms with Gasteiger partial charge in [0.2, 0.25) is 5.43 Å². The molecule has 0 saturated heterocycles. The van der Waals surface area contributed by atoms with Gasteiger partial charge in [0, 0.05) is 30.6 Å². The summed E-state index contributed by atoms with van der Waals surface area (Å²) in [6, 6.07) is 5.24. The van der Waals surface area contributed by atoms with Crippen LogP contribution >= 0.6 is 0 Å². The first-order valence-corrected chi connectivity index (χ1v) is 5.04. The van der Waals surface area contributed by atoms with E-state index in [1.165, 1.54) is 42.3 Å². The highest BCUT2D eigenvalue weighted by molar-refractivity contribution is 5.43. The first-order chi connectivity index (χ1) is 8.63. The normalized spacial score (nSPS) is 10.1. The smallest absolute Gasteiger partial charge is 0.210 e. The number of aromatic nitrogens is 1. The summed E-state index contributed by atoms with van der Waals surface area (Å²) in [4.78, 5) is 21.7. The summed E-state index contributed by atoms with van der Waals surface area (Å²) in [5, 5.41) is 2.61. The molecular weight excluding hydrogens is 239 g/mol. The van der Waals surface area contributed by atoms with Gasteiger partial charge in [-0.1, -0.05) is 0 Å². The number of hydrogen-bond acceptors (Lipinski definition) is 4. The van der Waals surface area contributed by atoms with Crippen LogP contribution in [-0.4, -0.2) is 11.7 Å². The maximum atomic E-state index is 13.3. The summed E-state index contributed by atoms with van der Waals surface area (Å²) in [5.74, 6) is -0.145. The first kappa shape index (κ1) is 12.0. The van der Waals surface area contributed by atoms with Gasteiger partial charge in [-0.25, -0.2) is 4.39 Å². The van der Waals surface area contributed by atoms with Gasteiger partial charge in [0.15, 0.2) is 5.69 Å². The van der Waals surface area contributed by atoms with Gasteiger partial charge in [-0.3, -0.25) is 4.79 Å². The summed E-state index contributed by atoms with van der Waals surface area (Å²) in [6.45, 7) is 0. The minimum absolute atomic E-state index is 0.235. The van der Waals surface area contributed by atoms with Gasteiger partial charge in [0.1, 0.15) is 11.6 Å². The zero-order valence-electron chi connectivity index (χ0n) is 9.46. The number of ether oxygens (including phenoxy) is 1. The number of benzene rings is 1. The molecule has 0 spiro atoms. The van der Waals surface area contributed by atoms with Crippen molar-refractivity contribution in [3.63, 3.8) is 0 Å². The highest BCUT2D eigenvalue weighted by Gasteiger charge is 2.05. The van der Waals surface area contributed by atoms with E-state index >= 15 is 0 Å². The zero-order valence-corrected chi connectivity index (χ0v) is 9.46. The Hall–Kier alpha value is -2.50. The fraction of sp³-hybridized carbons (Fsp3) is 0.0833. The molecule has 1 heterocycles. The van der Waals surface area contributed by atoms with E-state index in [2.05, 4.69) is 5.18 Å². The molecule has 0 fully saturated rings. The average molecular weight is 248 g/mol. The topological polar surface area (TPSA) is 60.7 Å². The maximum Gasteiger partial charge on any atom is 0.210 e. The largest absolute Gasteiger partial charge is 0.497 e. The van der Waals surface area contributed by atoms with Crippen LogP contribution in [0.2, 0.25) is 0 Å². The number of rotatable bonds is 3. The Balaban J connectivity index is 2.57. The van der Waals surface area contributed by atoms with Crippen molar-refractivity contribution in [1.29, 1.82) is 0 Å². The van der Waals surface area contributed by atoms with Crippen molar-refractivity contribution in [3.8, 4) is 11.4 Å². The van der Waals surface area contributed by atoms with Crippen LogP contribution in [0.5, 0.6) is 5.75 Å². The Labute approximate surface area is 101 Å². The van der Waals surface area contributed by atoms with E-state index in [4.69, 9.17) is 4.74 Å². The van der Waals surface area contributed by atoms with Crippen molar-refractivity contribution in [2.45, 2.75) is 0 Å². The SMILES string of the molecule is COc1cc(F)cc(-n2ccc(=O)c(N=O)c2)c1. The summed E-state index contributed by atoms with van der Waals surface area (Å²) in [7, 11) is 1.42. The van der Waals surface area contributed by atoms with Crippen molar-refractivity contribution >= 4 is 5.69 Å². The summed E-state index contributed by atoms with van der Waals surface area (Å²) < 4.78 is 19.7. The van der Waals surface area contributed by atoms with Gasteiger partial charge in [-0.2, -0.15) is 0 Å². The van der Waals surface area contributed by atoms with Crippen molar-refractivity contribution in [1.82, 2.24) is 4.57 Å². The average Bonchev–Trinajstić information content (AvgIpc) is 2.38. The predicted octanol–water partition coefficient (Wildman–Crippen LogP) is 2.38. The lowest BCUT2D eigenvalue weighted by molar-refractivity contribution is 0.411. The van der Waals surface area contributed by atoms with E-state index < -0.39 is 11.2 Å². The quantitative estimate of drug-likeness (QED) is 0.783. The Kier molecular flexibility index (Phi) is 3.18. The molecule has 0 aliphatic carbocycles. The van der Waals surface area contributed by atoms with Crippen LogP contribution in [0.25, 0.3) is 5.69 Å². The fourth-order valence-electron chi connectivity index (χ4n) is 1.52. The minimum Gasteiger partial charge on any atom is -0.497 e. The number of nitrogens with zero attached hydrogens (tertiary/aromatic N) is 2. The summed E-state index contributed by atoms with van der Waals surface area (Å²) in [5.41, 5.74) is -0.290. The summed E-state index contributed by atoms with van der Waals surface area (Å²) in [6.07, 6.45) is 2.66. The number of methoxy groups -OCH3 is 1. The molecule has 0 aliphatic rings. The molecule has 92 valence electrons. The Bertz CT molecular complexity index is 652. The molecular formula is C12H9FN2O3. The molecule has 0 bridgehead atoms. The van der Waals surface area contributed by atoms with E-state index in [9.17, 15) is 14.1 Å². The minimum atomic E-state index is -0.483. The highest BCUT2D eigenvalue weighted by Crippen LogP contribution is 2.19. The molecule has 0 radical (unpaired) electrons. The van der Waals surface area contributed by atoms with E-state index in [0.29, 0.717) is 11.4 Å². The van der Waals surface area contributed by atoms with Crippen LogP contribution < -0.4 is 10.2 Å². The summed E-state index contributed by atoms with van der Waals surface area (Å²) >= 11 is 0. The maximum absolute atomic E-state index is 13.3. The lowest BCUT2D eigenvalue weighted by atomic mass is 10.2. The number of halogens is 1. The van der Waals surface area contributed by atoms with E-state index in [0.717, 1.165) is 0 Å². The van der Waals surface area contributed by atoms with Gasteiger partial charge in [-0.05, 0) is 11.2 Å². The van der Waals surface area contributed by atoms with Crippen LogP contribution in [0.3, 0.4) is 0 Å². The third kappa shape index (κ3) is 2.27. The van der Waals surface area contributed by atoms with Crippen LogP contribution in [0.1, 0.15) is 0 Å². The second-order valence-electron chi connectivity index (χ2n) is 3.54. The van der Waals surface area contributed by atoms with Crippen LogP contribution in [-0.2, 0) is 0 Å². The molecule has 0 unspecified atom stereocenters. The van der Waals surface area contributed by atoms with Gasteiger partial charge in [0.05, 0.1) is 12.8 Å². The lowest BCUT2D eigenvalue weighted by Gasteiger charge is -2.08. The first-order valence-electron chi connectivity index (χ1n) is 5.04. The number of pyridine rings is 1. The fourth-order valence-corrected chi connectivity index (χ4v) is 1.52. The molecule has 1 aromatic carbocycles. The molecule has 1 aromatic heterocycles. The molecule has 0 amide bonds. The second kappa shape index (κ2) is 4.79. The number of nitroso groups, excluding NO2 is 1. The third-order valence-corrected chi connectivity index (χ3v) is 2.39. The highest BCUT2D eigenvalue weighted by atomic mass is 19.1. The van der Waals surface area contributed by atoms with Gasteiger partial charge in [0.25, 0.3) is 0 Å². The van der Waals surface area contributed by atoms with Gasteiger partial charge in [-0.15, -0.1) is 4.91 Å². The zero-order chi connectivity index (χ0) is 13.1. The van der Waals surface area contributed by atoms with E-state index in [-0.39, 0.29) is 5.69 Å². The molecule has 0 aliphatic heterocycles. The van der Waals surface area contributed by atoms with Gasteiger partial charge >= 0.3 is 0 Å². The van der Waals surface area contributed by atoms with Crippen molar-refractivity contribution in [2.75, 3.05) is 7.11 Å². The molecule has 0 atom stereocenters. The van der Waals surface area contributed by atoms with Crippen LogP contribution in [0.4, 0.5) is 10.1 Å². The van der Waals surface area contributed by atoms with Crippen molar-refractivity contribution in [2.24, 2.45) is 5.18 Å². The predicted molar refractivity (Wildman–Crippen MR) is 64.0 cm³/mol. The number of hydrogen-bond donors (Lipinski definition) is 0. The Morgan fingerprint density at radius 3 is 2.78 bits per heavy atom. The van der Waals surface area contributed by atoms with Crippen LogP contribution in [0, 0.1) is 10.7 Å². The van der Waals surface area contributed by atoms with E-state index in [1.54, 1.807) is 6.07 Å². The Morgan fingerprint density at radius 1 is 1.33 bits per heavy atom. The molecule has 5 nitrogen and oxygen atoms in total. The van der Waals surface area contributed by atoms with E-state index in [1.807, 2.05) is 0 Å². The third-order valence-electron chi connectivity index (χ3n) is 2.39. The molecule has 2 rings (SSSR count). The molecule has 0 N–H and O–H groups in total. The van der Waals surface area contributed by atoms with Gasteiger partial charge < -0.3 is 9.30 Å². The van der Waals surface area contributed by atoms with Crippen molar-refractivity contribution in [3.05, 3.63) is 57.6 Å². The molecule has 0 saturated carbocycles. The van der Waals surface area contributed by atoms with Crippen molar-refractivity contribution < 1.29 is 9.13 Å². The Morgan fingerprint density at radius 2 is 2.11 bits per heavy atom. The van der Waals surface area contributed by atoms with Crippen LogP contribution in [0.15, 0.2) is 46.6 Å². The second-order valence-corrected chi connectivity index (χ2v) is 3.54. The lowest BCUT2D eigenvalue weighted by Crippen LogP contribution is -2.04. The standard InChI is InChI=1S/C12H9FN2O3/c1-18-10-5-8(13)4-9(6-10)15-3-2-12(16)11(7-15)14-17/h2-7H,1H3. The monoisotopic (exact) mass is 248 g/mol. The molecule has 2 aromatic rings. The molecule has 18 heavy (non-hydrogen) atoms.